The van der Waals surface area contributed by atoms with Crippen LogP contribution in [0.25, 0.3) is 0 Å². The molecule has 1 amide bonds. The van der Waals surface area contributed by atoms with Gasteiger partial charge in [0.05, 0.1) is 18.7 Å². The van der Waals surface area contributed by atoms with Gasteiger partial charge in [0.15, 0.2) is 0 Å². The molecule has 1 aliphatic heterocycles. The summed E-state index contributed by atoms with van der Waals surface area (Å²) < 4.78 is 0. The molecule has 0 saturated carbocycles. The Morgan fingerprint density at radius 2 is 2.18 bits per heavy atom. The molecular weight excluding hydrogens is 214 g/mol. The highest BCUT2D eigenvalue weighted by molar-refractivity contribution is 5.78. The van der Waals surface area contributed by atoms with Crippen molar-refractivity contribution >= 4 is 5.91 Å². The third-order valence-electron chi connectivity index (χ3n) is 3.46. The second kappa shape index (κ2) is 7.29. The van der Waals surface area contributed by atoms with Gasteiger partial charge in [0.25, 0.3) is 0 Å². The van der Waals surface area contributed by atoms with Gasteiger partial charge < -0.3 is 5.32 Å². The van der Waals surface area contributed by atoms with Crippen LogP contribution in [0.3, 0.4) is 0 Å². The van der Waals surface area contributed by atoms with E-state index in [-0.39, 0.29) is 18.0 Å². The molecule has 0 aromatic heterocycles. The Labute approximate surface area is 104 Å². The average Bonchev–Trinajstić information content (AvgIpc) is 2.36. The van der Waals surface area contributed by atoms with E-state index in [0.29, 0.717) is 6.54 Å². The topological polar surface area (TPSA) is 56.1 Å². The molecule has 0 radical (unpaired) electrons. The lowest BCUT2D eigenvalue weighted by Crippen LogP contribution is -2.47. The van der Waals surface area contributed by atoms with Gasteiger partial charge in [-0.15, -0.1) is 0 Å². The molecule has 0 aromatic rings. The molecule has 1 aliphatic rings. The van der Waals surface area contributed by atoms with E-state index in [1.54, 1.807) is 0 Å². The van der Waals surface area contributed by atoms with Crippen molar-refractivity contribution in [3.05, 3.63) is 0 Å². The van der Waals surface area contributed by atoms with Gasteiger partial charge in [-0.2, -0.15) is 5.26 Å². The summed E-state index contributed by atoms with van der Waals surface area (Å²) in [5.74, 6) is 0.0563. The molecule has 1 rings (SSSR count). The van der Waals surface area contributed by atoms with Crippen LogP contribution in [0.2, 0.25) is 0 Å². The lowest BCUT2D eigenvalue weighted by molar-refractivity contribution is -0.123. The van der Waals surface area contributed by atoms with Crippen molar-refractivity contribution in [3.8, 4) is 6.07 Å². The molecule has 1 heterocycles. The Bertz CT molecular complexity index is 281. The molecule has 4 heteroatoms. The molecule has 0 bridgehead atoms. The van der Waals surface area contributed by atoms with Crippen molar-refractivity contribution in [3.63, 3.8) is 0 Å². The van der Waals surface area contributed by atoms with E-state index in [1.807, 2.05) is 4.90 Å². The Morgan fingerprint density at radius 3 is 2.76 bits per heavy atom. The van der Waals surface area contributed by atoms with Crippen LogP contribution in [0.1, 0.15) is 46.0 Å². The predicted octanol–water partition coefficient (Wildman–Crippen LogP) is 1.67. The van der Waals surface area contributed by atoms with Gasteiger partial charge in [0.1, 0.15) is 0 Å². The third-order valence-corrected chi connectivity index (χ3v) is 3.46. The maximum atomic E-state index is 11.8. The lowest BCUT2D eigenvalue weighted by atomic mass is 10.0. The minimum Gasteiger partial charge on any atom is -0.352 e. The zero-order valence-electron chi connectivity index (χ0n) is 10.9. The van der Waals surface area contributed by atoms with E-state index in [0.717, 1.165) is 38.6 Å². The number of nitriles is 1. The van der Waals surface area contributed by atoms with Crippen LogP contribution in [0.15, 0.2) is 0 Å². The van der Waals surface area contributed by atoms with Crippen LogP contribution in [-0.4, -0.2) is 36.0 Å². The van der Waals surface area contributed by atoms with Gasteiger partial charge in [0.2, 0.25) is 5.91 Å². The van der Waals surface area contributed by atoms with Crippen molar-refractivity contribution in [2.24, 2.45) is 0 Å². The molecule has 1 saturated heterocycles. The molecule has 0 aliphatic carbocycles. The monoisotopic (exact) mass is 237 g/mol. The maximum Gasteiger partial charge on any atom is 0.234 e. The number of carbonyl (C=O) groups is 1. The fourth-order valence-corrected chi connectivity index (χ4v) is 2.28. The molecule has 1 fully saturated rings. The number of hydrogen-bond acceptors (Lipinski definition) is 3. The minimum atomic E-state index is -0.0730. The third kappa shape index (κ3) is 4.35. The van der Waals surface area contributed by atoms with Crippen LogP contribution in [0.5, 0.6) is 0 Å². The van der Waals surface area contributed by atoms with E-state index < -0.39 is 0 Å². The number of amides is 1. The Balaban J connectivity index is 2.41. The summed E-state index contributed by atoms with van der Waals surface area (Å²) in [5.41, 5.74) is 0. The van der Waals surface area contributed by atoms with Gasteiger partial charge in [-0.1, -0.05) is 13.8 Å². The standard InChI is InChI=1S/C13H23N3O/c1-3-11(4-2)15-13(17)10-16-8-6-5-7-12(16)9-14/h11-12H,3-8,10H2,1-2H3,(H,15,17). The minimum absolute atomic E-state index is 0.0563. The first-order valence-corrected chi connectivity index (χ1v) is 6.64. The van der Waals surface area contributed by atoms with E-state index in [9.17, 15) is 4.79 Å². The molecule has 1 atom stereocenters. The number of nitrogens with one attached hydrogen (secondary N) is 1. The quantitative estimate of drug-likeness (QED) is 0.791. The van der Waals surface area contributed by atoms with Crippen LogP contribution in [0.4, 0.5) is 0 Å². The summed E-state index contributed by atoms with van der Waals surface area (Å²) >= 11 is 0. The summed E-state index contributed by atoms with van der Waals surface area (Å²) in [6.07, 6.45) is 5.02. The summed E-state index contributed by atoms with van der Waals surface area (Å²) in [5, 5.41) is 12.0. The van der Waals surface area contributed by atoms with Crippen molar-refractivity contribution in [1.29, 1.82) is 5.26 Å². The molecule has 0 spiro atoms. The molecule has 1 unspecified atom stereocenters. The SMILES string of the molecule is CCC(CC)NC(=O)CN1CCCCC1C#N. The fraction of sp³-hybridized carbons (Fsp3) is 0.846. The number of likely N-dealkylation sites (tertiary alicyclic amines) is 1. The van der Waals surface area contributed by atoms with E-state index in [2.05, 4.69) is 25.2 Å². The van der Waals surface area contributed by atoms with E-state index >= 15 is 0 Å². The van der Waals surface area contributed by atoms with E-state index in [1.165, 1.54) is 0 Å². The second-order valence-electron chi connectivity index (χ2n) is 4.69. The number of nitrogens with zero attached hydrogens (tertiary/aromatic N) is 2. The summed E-state index contributed by atoms with van der Waals surface area (Å²) in [6, 6.07) is 2.48. The van der Waals surface area contributed by atoms with Gasteiger partial charge >= 0.3 is 0 Å². The van der Waals surface area contributed by atoms with Crippen molar-refractivity contribution in [1.82, 2.24) is 10.2 Å². The maximum absolute atomic E-state index is 11.8. The van der Waals surface area contributed by atoms with Gasteiger partial charge in [-0.05, 0) is 38.6 Å². The average molecular weight is 237 g/mol. The smallest absolute Gasteiger partial charge is 0.234 e. The van der Waals surface area contributed by atoms with Gasteiger partial charge in [-0.25, -0.2) is 0 Å². The molecule has 96 valence electrons. The first kappa shape index (κ1) is 14.0. The molecule has 1 N–H and O–H groups in total. The van der Waals surface area contributed by atoms with Crippen LogP contribution in [0, 0.1) is 11.3 Å². The summed E-state index contributed by atoms with van der Waals surface area (Å²) in [6.45, 7) is 5.39. The highest BCUT2D eigenvalue weighted by atomic mass is 16.2. The fourth-order valence-electron chi connectivity index (χ4n) is 2.28. The predicted molar refractivity (Wildman–Crippen MR) is 67.3 cm³/mol. The lowest BCUT2D eigenvalue weighted by Gasteiger charge is -2.31. The van der Waals surface area contributed by atoms with Crippen LogP contribution in [-0.2, 0) is 4.79 Å². The summed E-state index contributed by atoms with van der Waals surface area (Å²) in [4.78, 5) is 13.8. The zero-order valence-corrected chi connectivity index (χ0v) is 10.9. The number of rotatable bonds is 5. The van der Waals surface area contributed by atoms with Crippen molar-refractivity contribution < 1.29 is 4.79 Å². The highest BCUT2D eigenvalue weighted by Crippen LogP contribution is 2.15. The molecular formula is C13H23N3O. The van der Waals surface area contributed by atoms with Crippen molar-refractivity contribution in [2.75, 3.05) is 13.1 Å². The molecule has 17 heavy (non-hydrogen) atoms. The number of piperidine rings is 1. The Kier molecular flexibility index (Phi) is 5.99. The van der Waals surface area contributed by atoms with Crippen LogP contribution < -0.4 is 5.32 Å². The first-order valence-electron chi connectivity index (χ1n) is 6.64. The van der Waals surface area contributed by atoms with Crippen LogP contribution >= 0.6 is 0 Å². The summed E-state index contributed by atoms with van der Waals surface area (Å²) in [7, 11) is 0. The highest BCUT2D eigenvalue weighted by Gasteiger charge is 2.24. The molecule has 0 aromatic carbocycles. The zero-order chi connectivity index (χ0) is 12.7. The van der Waals surface area contributed by atoms with Gasteiger partial charge in [0, 0.05) is 6.04 Å². The second-order valence-corrected chi connectivity index (χ2v) is 4.69. The first-order chi connectivity index (χ1) is 8.21. The van der Waals surface area contributed by atoms with E-state index in [4.69, 9.17) is 5.26 Å². The van der Waals surface area contributed by atoms with Gasteiger partial charge in [-0.3, -0.25) is 9.69 Å². The molecule has 4 nitrogen and oxygen atoms in total. The number of hydrogen-bond donors (Lipinski definition) is 1. The normalized spacial score (nSPS) is 21.2. The van der Waals surface area contributed by atoms with Crippen molar-refractivity contribution in [2.45, 2.75) is 58.0 Å². The number of carbonyl (C=O) groups excluding carboxylic acids is 1. The Morgan fingerprint density at radius 1 is 1.47 bits per heavy atom. The largest absolute Gasteiger partial charge is 0.352 e. The Hall–Kier alpha value is -1.08.